The van der Waals surface area contributed by atoms with E-state index in [9.17, 15) is 0 Å². The molecule has 0 radical (unpaired) electrons. The number of nitrogens with zero attached hydrogens (tertiary/aromatic N) is 1. The van der Waals surface area contributed by atoms with Gasteiger partial charge in [-0.25, -0.2) is 4.98 Å². The maximum Gasteiger partial charge on any atom is 0.255 e. The van der Waals surface area contributed by atoms with Crippen molar-refractivity contribution in [2.24, 2.45) is 0 Å². The maximum absolute atomic E-state index is 8.74. The topological polar surface area (TPSA) is 58.3 Å². The predicted molar refractivity (Wildman–Crippen MR) is 51.8 cm³/mol. The summed E-state index contributed by atoms with van der Waals surface area (Å²) in [5.74, 6) is 0.859. The van der Waals surface area contributed by atoms with Gasteiger partial charge in [-0.2, -0.15) is 0 Å². The highest BCUT2D eigenvalue weighted by Gasteiger charge is 2.07. The minimum atomic E-state index is 0.206. The van der Waals surface area contributed by atoms with E-state index in [1.165, 1.54) is 0 Å². The lowest BCUT2D eigenvalue weighted by Crippen LogP contribution is -2.28. The van der Waals surface area contributed by atoms with Crippen molar-refractivity contribution < 1.29 is 9.52 Å². The Morgan fingerprint density at radius 1 is 1.77 bits per heavy atom. The third kappa shape index (κ3) is 3.80. The van der Waals surface area contributed by atoms with Gasteiger partial charge in [-0.15, -0.1) is 0 Å². The molecule has 13 heavy (non-hydrogen) atoms. The molecule has 0 amide bonds. The van der Waals surface area contributed by atoms with Crippen LogP contribution in [0.1, 0.15) is 6.42 Å². The monoisotopic (exact) mass is 202 g/mol. The smallest absolute Gasteiger partial charge is 0.255 e. The molecular formula is C8H14N2O2S. The lowest BCUT2D eigenvalue weighted by Gasteiger charge is -2.12. The highest BCUT2D eigenvalue weighted by Crippen LogP contribution is 2.16. The lowest BCUT2D eigenvalue weighted by atomic mass is 10.2. The molecule has 0 spiro atoms. The number of thioether (sulfide) groups is 1. The summed E-state index contributed by atoms with van der Waals surface area (Å²) in [4.78, 5) is 3.99. The van der Waals surface area contributed by atoms with E-state index in [0.717, 1.165) is 12.2 Å². The van der Waals surface area contributed by atoms with E-state index in [1.807, 2.05) is 7.05 Å². The molecule has 0 aliphatic carbocycles. The van der Waals surface area contributed by atoms with E-state index in [0.29, 0.717) is 11.3 Å². The fourth-order valence-electron chi connectivity index (χ4n) is 0.920. The molecule has 5 heteroatoms. The molecule has 0 saturated carbocycles. The summed E-state index contributed by atoms with van der Waals surface area (Å²) in [5.41, 5.74) is 0. The summed E-state index contributed by atoms with van der Waals surface area (Å²) in [6.07, 6.45) is 3.94. The van der Waals surface area contributed by atoms with Crippen LogP contribution in [0.4, 0.5) is 0 Å². The van der Waals surface area contributed by atoms with Crippen molar-refractivity contribution in [2.75, 3.05) is 19.4 Å². The number of aromatic nitrogens is 1. The second kappa shape index (κ2) is 6.01. The molecule has 0 bridgehead atoms. The minimum absolute atomic E-state index is 0.206. The van der Waals surface area contributed by atoms with E-state index in [4.69, 9.17) is 9.52 Å². The molecule has 0 aliphatic rings. The Kier molecular flexibility index (Phi) is 4.88. The Bertz CT molecular complexity index is 216. The van der Waals surface area contributed by atoms with Crippen LogP contribution in [0.15, 0.2) is 22.1 Å². The largest absolute Gasteiger partial charge is 0.440 e. The maximum atomic E-state index is 8.74. The molecule has 4 nitrogen and oxygen atoms in total. The van der Waals surface area contributed by atoms with Gasteiger partial charge in [-0.1, -0.05) is 11.8 Å². The van der Waals surface area contributed by atoms with Crippen LogP contribution in [-0.4, -0.2) is 35.5 Å². The summed E-state index contributed by atoms with van der Waals surface area (Å²) >= 11 is 1.55. The van der Waals surface area contributed by atoms with Gasteiger partial charge in [0.1, 0.15) is 6.26 Å². The minimum Gasteiger partial charge on any atom is -0.440 e. The van der Waals surface area contributed by atoms with Crippen molar-refractivity contribution in [3.63, 3.8) is 0 Å². The number of hydrogen-bond donors (Lipinski definition) is 2. The quantitative estimate of drug-likeness (QED) is 0.666. The zero-order valence-electron chi connectivity index (χ0n) is 7.56. The fourth-order valence-corrected chi connectivity index (χ4v) is 1.86. The standard InChI is InChI=1S/C8H14N2O2S/c1-9-7(2-4-11)6-13-8-10-3-5-12-8/h3,5,7,9,11H,2,4,6H2,1H3. The van der Waals surface area contributed by atoms with Crippen LogP contribution < -0.4 is 5.32 Å². The molecular weight excluding hydrogens is 188 g/mol. The molecule has 0 fully saturated rings. The van der Waals surface area contributed by atoms with Gasteiger partial charge in [0.15, 0.2) is 0 Å². The lowest BCUT2D eigenvalue weighted by molar-refractivity contribution is 0.273. The van der Waals surface area contributed by atoms with Gasteiger partial charge in [0.2, 0.25) is 0 Å². The molecule has 1 atom stereocenters. The Labute approximate surface area is 81.7 Å². The molecule has 1 heterocycles. The molecule has 1 aromatic heterocycles. The molecule has 1 unspecified atom stereocenters. The predicted octanol–water partition coefficient (Wildman–Crippen LogP) is 0.737. The average Bonchev–Trinajstić information content (AvgIpc) is 2.64. The third-order valence-electron chi connectivity index (χ3n) is 1.70. The van der Waals surface area contributed by atoms with Crippen LogP contribution >= 0.6 is 11.8 Å². The normalized spacial score (nSPS) is 13.1. The van der Waals surface area contributed by atoms with Gasteiger partial charge in [0.05, 0.1) is 6.20 Å². The fraction of sp³-hybridized carbons (Fsp3) is 0.625. The van der Waals surface area contributed by atoms with Crippen molar-refractivity contribution in [1.82, 2.24) is 10.3 Å². The average molecular weight is 202 g/mol. The van der Waals surface area contributed by atoms with Gasteiger partial charge in [0.25, 0.3) is 5.22 Å². The number of oxazole rings is 1. The Balaban J connectivity index is 2.23. The van der Waals surface area contributed by atoms with Crippen LogP contribution in [-0.2, 0) is 0 Å². The van der Waals surface area contributed by atoms with Crippen LogP contribution in [0.5, 0.6) is 0 Å². The first-order valence-corrected chi connectivity index (χ1v) is 5.15. The number of rotatable bonds is 6. The van der Waals surface area contributed by atoms with Crippen molar-refractivity contribution >= 4 is 11.8 Å². The van der Waals surface area contributed by atoms with E-state index < -0.39 is 0 Å². The summed E-state index contributed by atoms with van der Waals surface area (Å²) < 4.78 is 5.07. The van der Waals surface area contributed by atoms with Crippen molar-refractivity contribution in [1.29, 1.82) is 0 Å². The summed E-state index contributed by atoms with van der Waals surface area (Å²) in [6, 6.07) is 0.307. The Morgan fingerprint density at radius 3 is 3.15 bits per heavy atom. The number of aliphatic hydroxyl groups excluding tert-OH is 1. The van der Waals surface area contributed by atoms with Gasteiger partial charge < -0.3 is 14.8 Å². The molecule has 1 rings (SSSR count). The van der Waals surface area contributed by atoms with Gasteiger partial charge in [0, 0.05) is 18.4 Å². The summed E-state index contributed by atoms with van der Waals surface area (Å²) in [7, 11) is 1.89. The van der Waals surface area contributed by atoms with Crippen LogP contribution in [0, 0.1) is 0 Å². The first-order valence-electron chi connectivity index (χ1n) is 4.17. The second-order valence-electron chi connectivity index (χ2n) is 2.61. The number of hydrogen-bond acceptors (Lipinski definition) is 5. The van der Waals surface area contributed by atoms with Crippen molar-refractivity contribution in [3.8, 4) is 0 Å². The van der Waals surface area contributed by atoms with E-state index in [1.54, 1.807) is 24.2 Å². The van der Waals surface area contributed by atoms with E-state index in [-0.39, 0.29) is 6.61 Å². The molecule has 0 saturated heterocycles. The molecule has 2 N–H and O–H groups in total. The van der Waals surface area contributed by atoms with E-state index >= 15 is 0 Å². The van der Waals surface area contributed by atoms with Gasteiger partial charge >= 0.3 is 0 Å². The molecule has 74 valence electrons. The summed E-state index contributed by atoms with van der Waals surface area (Å²) in [6.45, 7) is 0.206. The van der Waals surface area contributed by atoms with Crippen molar-refractivity contribution in [3.05, 3.63) is 12.5 Å². The van der Waals surface area contributed by atoms with Crippen LogP contribution in [0.3, 0.4) is 0 Å². The van der Waals surface area contributed by atoms with Gasteiger partial charge in [-0.05, 0) is 13.5 Å². The van der Waals surface area contributed by atoms with Crippen molar-refractivity contribution in [2.45, 2.75) is 17.7 Å². The molecule has 1 aromatic rings. The molecule has 0 aromatic carbocycles. The molecule has 0 aliphatic heterocycles. The highest BCUT2D eigenvalue weighted by molar-refractivity contribution is 7.99. The zero-order chi connectivity index (χ0) is 9.52. The number of nitrogens with one attached hydrogen (secondary N) is 1. The Hall–Kier alpha value is -0.520. The Morgan fingerprint density at radius 2 is 2.62 bits per heavy atom. The second-order valence-corrected chi connectivity index (χ2v) is 3.58. The van der Waals surface area contributed by atoms with Gasteiger partial charge in [-0.3, -0.25) is 0 Å². The zero-order valence-corrected chi connectivity index (χ0v) is 8.38. The SMILES string of the molecule is CNC(CCO)CSc1ncco1. The van der Waals surface area contributed by atoms with Crippen LogP contribution in [0.25, 0.3) is 0 Å². The van der Waals surface area contributed by atoms with E-state index in [2.05, 4.69) is 10.3 Å². The summed E-state index contributed by atoms with van der Waals surface area (Å²) in [5, 5.41) is 12.5. The van der Waals surface area contributed by atoms with Crippen LogP contribution in [0.2, 0.25) is 0 Å². The first-order chi connectivity index (χ1) is 6.36. The third-order valence-corrected chi connectivity index (χ3v) is 2.72. The number of aliphatic hydroxyl groups is 1. The first kappa shape index (κ1) is 10.6. The highest BCUT2D eigenvalue weighted by atomic mass is 32.2.